The normalized spacial score (nSPS) is 10.8. The Balaban J connectivity index is 2.49. The number of hydrogen-bond acceptors (Lipinski definition) is 6. The Labute approximate surface area is 102 Å². The lowest BCUT2D eigenvalue weighted by atomic mass is 10.3. The van der Waals surface area contributed by atoms with E-state index in [0.29, 0.717) is 17.3 Å². The smallest absolute Gasteiger partial charge is 0.373 e. The van der Waals surface area contributed by atoms with Crippen LogP contribution >= 0.6 is 0 Å². The maximum absolute atomic E-state index is 11.0. The molecule has 0 fully saturated rings. The fraction of sp³-hybridized carbons (Fsp3) is 0.364. The molecule has 2 heterocycles. The maximum atomic E-state index is 11.0. The van der Waals surface area contributed by atoms with Gasteiger partial charge in [0, 0.05) is 14.0 Å². The number of nitrogens with zero attached hydrogens (tertiary/aromatic N) is 2. The number of aromatic carboxylic acids is 1. The van der Waals surface area contributed by atoms with Crippen LogP contribution in [0.4, 0.5) is 0 Å². The Bertz CT molecular complexity index is 584. The zero-order valence-electron chi connectivity index (χ0n) is 10.2. The minimum absolute atomic E-state index is 0.0529. The fourth-order valence-electron chi connectivity index (χ4n) is 1.58. The number of aryl methyl sites for hydroxylation is 2. The number of hydrogen-bond donors (Lipinski definition) is 1. The lowest BCUT2D eigenvalue weighted by Crippen LogP contribution is -2.00. The summed E-state index contributed by atoms with van der Waals surface area (Å²) in [6.07, 6.45) is 0. The average molecular weight is 252 g/mol. The molecule has 0 saturated carbocycles. The van der Waals surface area contributed by atoms with Crippen molar-refractivity contribution >= 4 is 5.97 Å². The van der Waals surface area contributed by atoms with Crippen molar-refractivity contribution < 1.29 is 23.5 Å². The highest BCUT2D eigenvalue weighted by Gasteiger charge is 2.23. The molecule has 7 nitrogen and oxygen atoms in total. The van der Waals surface area contributed by atoms with Crippen LogP contribution in [0.25, 0.3) is 11.7 Å². The molecule has 0 aromatic carbocycles. The van der Waals surface area contributed by atoms with E-state index in [1.54, 1.807) is 13.8 Å². The van der Waals surface area contributed by atoms with Gasteiger partial charge in [0.15, 0.2) is 5.89 Å². The second-order valence-electron chi connectivity index (χ2n) is 3.68. The number of oxazole rings is 2. The van der Waals surface area contributed by atoms with Gasteiger partial charge in [-0.2, -0.15) is 0 Å². The van der Waals surface area contributed by atoms with Gasteiger partial charge in [0.1, 0.15) is 5.69 Å². The molecule has 0 unspecified atom stereocenters. The molecule has 18 heavy (non-hydrogen) atoms. The highest BCUT2D eigenvalue weighted by atomic mass is 16.5. The van der Waals surface area contributed by atoms with Gasteiger partial charge in [-0.3, -0.25) is 0 Å². The van der Waals surface area contributed by atoms with Crippen LogP contribution in [0.5, 0.6) is 0 Å². The van der Waals surface area contributed by atoms with Gasteiger partial charge in [0.05, 0.1) is 12.3 Å². The molecule has 0 radical (unpaired) electrons. The first-order chi connectivity index (χ1) is 8.52. The van der Waals surface area contributed by atoms with Gasteiger partial charge < -0.3 is 18.7 Å². The van der Waals surface area contributed by atoms with Gasteiger partial charge in [-0.1, -0.05) is 0 Å². The van der Waals surface area contributed by atoms with E-state index in [4.69, 9.17) is 18.7 Å². The number of carbonyl (C=O) groups is 1. The number of carboxylic acid groups (broad SMARTS) is 1. The summed E-state index contributed by atoms with van der Waals surface area (Å²) in [4.78, 5) is 19.1. The first-order valence-corrected chi connectivity index (χ1v) is 5.19. The van der Waals surface area contributed by atoms with Crippen molar-refractivity contribution in [3.63, 3.8) is 0 Å². The van der Waals surface area contributed by atoms with Gasteiger partial charge in [-0.15, -0.1) is 0 Å². The Hall–Kier alpha value is -2.15. The van der Waals surface area contributed by atoms with Crippen LogP contribution in [0.15, 0.2) is 8.83 Å². The van der Waals surface area contributed by atoms with Crippen molar-refractivity contribution in [1.82, 2.24) is 9.97 Å². The van der Waals surface area contributed by atoms with E-state index in [-0.39, 0.29) is 24.0 Å². The summed E-state index contributed by atoms with van der Waals surface area (Å²) in [7, 11) is 1.45. The molecule has 1 N–H and O–H groups in total. The SMILES string of the molecule is COCc1nc(-c2oc(C)nc2C)oc1C(=O)O. The summed E-state index contributed by atoms with van der Waals surface area (Å²) < 4.78 is 15.4. The van der Waals surface area contributed by atoms with E-state index < -0.39 is 5.97 Å². The van der Waals surface area contributed by atoms with Crippen LogP contribution in [-0.2, 0) is 11.3 Å². The van der Waals surface area contributed by atoms with Crippen molar-refractivity contribution in [3.8, 4) is 11.7 Å². The molecule has 2 aromatic heterocycles. The summed E-state index contributed by atoms with van der Waals surface area (Å²) in [5.41, 5.74) is 0.808. The minimum atomic E-state index is -1.20. The lowest BCUT2D eigenvalue weighted by Gasteiger charge is -1.92. The first kappa shape index (κ1) is 12.3. The molecule has 2 aromatic rings. The predicted octanol–water partition coefficient (Wildman–Crippen LogP) is 1.79. The summed E-state index contributed by atoms with van der Waals surface area (Å²) in [6.45, 7) is 3.47. The maximum Gasteiger partial charge on any atom is 0.373 e. The molecule has 96 valence electrons. The van der Waals surface area contributed by atoms with Crippen molar-refractivity contribution in [1.29, 1.82) is 0 Å². The molecule has 7 heteroatoms. The molecular formula is C11H12N2O5. The molecule has 0 aliphatic heterocycles. The van der Waals surface area contributed by atoms with Crippen molar-refractivity contribution in [2.45, 2.75) is 20.5 Å². The standard InChI is InChI=1S/C11H12N2O5/c1-5-8(17-6(2)12-5)10-13-7(4-16-3)9(18-10)11(14)15/h4H2,1-3H3,(H,14,15). The second-order valence-corrected chi connectivity index (χ2v) is 3.68. The van der Waals surface area contributed by atoms with E-state index in [0.717, 1.165) is 0 Å². The molecule has 0 atom stereocenters. The van der Waals surface area contributed by atoms with E-state index in [1.165, 1.54) is 7.11 Å². The largest absolute Gasteiger partial charge is 0.475 e. The molecule has 2 rings (SSSR count). The number of aromatic nitrogens is 2. The topological polar surface area (TPSA) is 98.6 Å². The van der Waals surface area contributed by atoms with Gasteiger partial charge >= 0.3 is 5.97 Å². The van der Waals surface area contributed by atoms with Gasteiger partial charge in [0.2, 0.25) is 11.5 Å². The molecule has 0 amide bonds. The zero-order valence-corrected chi connectivity index (χ0v) is 10.2. The monoisotopic (exact) mass is 252 g/mol. The molecule has 0 aliphatic carbocycles. The summed E-state index contributed by atoms with van der Waals surface area (Å²) >= 11 is 0. The molecule has 0 spiro atoms. The average Bonchev–Trinajstić information content (AvgIpc) is 2.83. The predicted molar refractivity (Wildman–Crippen MR) is 59.1 cm³/mol. The number of ether oxygens (including phenoxy) is 1. The summed E-state index contributed by atoms with van der Waals surface area (Å²) in [6, 6.07) is 0. The van der Waals surface area contributed by atoms with Crippen molar-refractivity contribution in [3.05, 3.63) is 23.0 Å². The van der Waals surface area contributed by atoms with E-state index in [9.17, 15) is 4.79 Å². The van der Waals surface area contributed by atoms with Gasteiger partial charge in [-0.25, -0.2) is 14.8 Å². The van der Waals surface area contributed by atoms with Crippen LogP contribution in [0, 0.1) is 13.8 Å². The number of carboxylic acids is 1. The highest BCUT2D eigenvalue weighted by Crippen LogP contribution is 2.26. The summed E-state index contributed by atoms with van der Waals surface area (Å²) in [5, 5.41) is 8.99. The van der Waals surface area contributed by atoms with Gasteiger partial charge in [-0.05, 0) is 6.92 Å². The van der Waals surface area contributed by atoms with E-state index in [2.05, 4.69) is 9.97 Å². The second kappa shape index (κ2) is 4.61. The minimum Gasteiger partial charge on any atom is -0.475 e. The molecule has 0 aliphatic rings. The van der Waals surface area contributed by atoms with Crippen LogP contribution in [0.3, 0.4) is 0 Å². The van der Waals surface area contributed by atoms with Gasteiger partial charge in [0.25, 0.3) is 5.89 Å². The first-order valence-electron chi connectivity index (χ1n) is 5.19. The molecule has 0 bridgehead atoms. The third-order valence-corrected chi connectivity index (χ3v) is 2.27. The fourth-order valence-corrected chi connectivity index (χ4v) is 1.58. The molecular weight excluding hydrogens is 240 g/mol. The Morgan fingerprint density at radius 3 is 2.56 bits per heavy atom. The zero-order chi connectivity index (χ0) is 13.3. The molecule has 0 saturated heterocycles. The van der Waals surface area contributed by atoms with Crippen molar-refractivity contribution in [2.24, 2.45) is 0 Å². The van der Waals surface area contributed by atoms with E-state index >= 15 is 0 Å². The Morgan fingerprint density at radius 1 is 1.33 bits per heavy atom. The van der Waals surface area contributed by atoms with Crippen LogP contribution in [0.2, 0.25) is 0 Å². The van der Waals surface area contributed by atoms with Crippen LogP contribution in [-0.4, -0.2) is 28.2 Å². The third kappa shape index (κ3) is 2.12. The number of methoxy groups -OCH3 is 1. The summed E-state index contributed by atoms with van der Waals surface area (Å²) in [5.74, 6) is -0.559. The lowest BCUT2D eigenvalue weighted by molar-refractivity contribution is 0.0656. The Morgan fingerprint density at radius 2 is 2.06 bits per heavy atom. The quantitative estimate of drug-likeness (QED) is 0.885. The highest BCUT2D eigenvalue weighted by molar-refractivity contribution is 5.86. The van der Waals surface area contributed by atoms with Crippen molar-refractivity contribution in [2.75, 3.05) is 7.11 Å². The van der Waals surface area contributed by atoms with Crippen LogP contribution in [0.1, 0.15) is 27.8 Å². The van der Waals surface area contributed by atoms with Crippen LogP contribution < -0.4 is 0 Å². The number of rotatable bonds is 4. The van der Waals surface area contributed by atoms with E-state index in [1.807, 2.05) is 0 Å². The Kier molecular flexibility index (Phi) is 3.15. The third-order valence-electron chi connectivity index (χ3n) is 2.27.